The fourth-order valence-corrected chi connectivity index (χ4v) is 9.63. The van der Waals surface area contributed by atoms with E-state index >= 15 is 4.39 Å². The van der Waals surface area contributed by atoms with Crippen LogP contribution in [0.5, 0.6) is 0 Å². The van der Waals surface area contributed by atoms with Crippen LogP contribution >= 0.6 is 11.6 Å². The number of carbonyl (C=O) groups is 2. The molecule has 2 N–H and O–H groups in total. The Kier molecular flexibility index (Phi) is 8.66. The SMILES string of the molecule is O=C1CCC(Nc2ccc(C3CCN(C4CCN(c5ccc6c(c5)n(C5CCCC5)c5nc(=O)c7c(Cl)cccc7n65)CC4)CC3)c(F)c2)C(=O)N1. The molecule has 1 unspecified atom stereocenters. The van der Waals surface area contributed by atoms with Crippen molar-refractivity contribution in [3.05, 3.63) is 81.4 Å². The molecule has 5 aromatic rings. The minimum absolute atomic E-state index is 0.164. The molecule has 3 aromatic carbocycles. The zero-order valence-electron chi connectivity index (χ0n) is 29.1. The summed E-state index contributed by atoms with van der Waals surface area (Å²) in [6.45, 7) is 3.82. The molecule has 0 spiro atoms. The van der Waals surface area contributed by atoms with Crippen LogP contribution in [0.25, 0.3) is 27.7 Å². The summed E-state index contributed by atoms with van der Waals surface area (Å²) in [5.74, 6) is -0.0114. The number of amides is 2. The Balaban J connectivity index is 0.877. The number of anilines is 2. The Hall–Kier alpha value is -4.48. The molecule has 1 atom stereocenters. The van der Waals surface area contributed by atoms with Gasteiger partial charge in [0, 0.05) is 43.0 Å². The normalized spacial score (nSPS) is 21.5. The van der Waals surface area contributed by atoms with Crippen molar-refractivity contribution in [1.82, 2.24) is 24.2 Å². The molecule has 9 rings (SSSR count). The molecule has 52 heavy (non-hydrogen) atoms. The predicted molar refractivity (Wildman–Crippen MR) is 202 cm³/mol. The highest BCUT2D eigenvalue weighted by Crippen LogP contribution is 2.38. The van der Waals surface area contributed by atoms with Crippen molar-refractivity contribution in [3.8, 4) is 0 Å². The molecule has 4 aliphatic rings. The van der Waals surface area contributed by atoms with Gasteiger partial charge in [0.1, 0.15) is 11.9 Å². The van der Waals surface area contributed by atoms with Gasteiger partial charge in [-0.25, -0.2) is 4.39 Å². The molecule has 270 valence electrons. The van der Waals surface area contributed by atoms with Crippen molar-refractivity contribution >= 4 is 62.5 Å². The van der Waals surface area contributed by atoms with Crippen LogP contribution < -0.4 is 21.1 Å². The van der Waals surface area contributed by atoms with Crippen molar-refractivity contribution in [2.75, 3.05) is 36.4 Å². The van der Waals surface area contributed by atoms with Gasteiger partial charge in [-0.2, -0.15) is 4.98 Å². The van der Waals surface area contributed by atoms with Gasteiger partial charge in [0.05, 0.1) is 27.0 Å². The summed E-state index contributed by atoms with van der Waals surface area (Å²) in [5.41, 5.74) is 5.16. The van der Waals surface area contributed by atoms with E-state index in [1.165, 1.54) is 24.6 Å². The fourth-order valence-electron chi connectivity index (χ4n) is 9.38. The quantitative estimate of drug-likeness (QED) is 0.186. The van der Waals surface area contributed by atoms with Gasteiger partial charge in [0.2, 0.25) is 17.6 Å². The smallest absolute Gasteiger partial charge is 0.283 e. The van der Waals surface area contributed by atoms with E-state index in [1.807, 2.05) is 24.3 Å². The first-order valence-electron chi connectivity index (χ1n) is 18.9. The van der Waals surface area contributed by atoms with E-state index in [4.69, 9.17) is 11.6 Å². The maximum atomic E-state index is 15.3. The number of rotatable bonds is 6. The molecular formula is C40H43ClFN7O3. The first kappa shape index (κ1) is 33.4. The maximum Gasteiger partial charge on any atom is 0.283 e. The van der Waals surface area contributed by atoms with Crippen molar-refractivity contribution < 1.29 is 14.0 Å². The van der Waals surface area contributed by atoms with Crippen molar-refractivity contribution in [2.45, 2.75) is 88.3 Å². The van der Waals surface area contributed by atoms with E-state index in [-0.39, 0.29) is 35.5 Å². The third-order valence-electron chi connectivity index (χ3n) is 12.1. The molecule has 10 nitrogen and oxygen atoms in total. The number of fused-ring (bicyclic) bond motifs is 5. The van der Waals surface area contributed by atoms with Gasteiger partial charge in [-0.1, -0.05) is 36.6 Å². The third-order valence-corrected chi connectivity index (χ3v) is 12.4. The van der Waals surface area contributed by atoms with Crippen LogP contribution in [0.15, 0.2) is 59.4 Å². The van der Waals surface area contributed by atoms with Crippen molar-refractivity contribution in [2.24, 2.45) is 0 Å². The minimum Gasteiger partial charge on any atom is -0.374 e. The van der Waals surface area contributed by atoms with Gasteiger partial charge >= 0.3 is 0 Å². The number of likely N-dealkylation sites (tertiary alicyclic amines) is 1. The minimum atomic E-state index is -0.533. The number of halogens is 2. The number of nitrogens with zero attached hydrogens (tertiary/aromatic N) is 5. The molecule has 4 fully saturated rings. The first-order chi connectivity index (χ1) is 25.3. The second-order valence-corrected chi connectivity index (χ2v) is 15.5. The second-order valence-electron chi connectivity index (χ2n) is 15.1. The number of piperidine rings is 3. The highest BCUT2D eigenvalue weighted by atomic mass is 35.5. The molecule has 2 amide bonds. The lowest BCUT2D eigenvalue weighted by Crippen LogP contribution is -2.47. The molecule has 5 heterocycles. The summed E-state index contributed by atoms with van der Waals surface area (Å²) >= 11 is 6.52. The molecule has 2 aromatic heterocycles. The van der Waals surface area contributed by atoms with Gasteiger partial charge in [-0.3, -0.25) is 24.1 Å². The van der Waals surface area contributed by atoms with Gasteiger partial charge in [-0.15, -0.1) is 0 Å². The van der Waals surface area contributed by atoms with Crippen LogP contribution in [0.3, 0.4) is 0 Å². The number of imidazole rings is 1. The second kappa shape index (κ2) is 13.5. The predicted octanol–water partition coefficient (Wildman–Crippen LogP) is 6.78. The Morgan fingerprint density at radius 1 is 0.808 bits per heavy atom. The highest BCUT2D eigenvalue weighted by molar-refractivity contribution is 6.35. The number of nitrogens with one attached hydrogen (secondary N) is 2. The molecule has 1 saturated carbocycles. The summed E-state index contributed by atoms with van der Waals surface area (Å²) in [7, 11) is 0. The van der Waals surface area contributed by atoms with Gasteiger partial charge in [-0.05, 0) is 112 Å². The van der Waals surface area contributed by atoms with Crippen molar-refractivity contribution in [3.63, 3.8) is 0 Å². The van der Waals surface area contributed by atoms with E-state index in [9.17, 15) is 14.4 Å². The van der Waals surface area contributed by atoms with Crippen molar-refractivity contribution in [1.29, 1.82) is 0 Å². The van der Waals surface area contributed by atoms with Crippen LogP contribution in [-0.2, 0) is 9.59 Å². The third kappa shape index (κ3) is 5.91. The van der Waals surface area contributed by atoms with Crippen LogP contribution in [0.2, 0.25) is 5.02 Å². The van der Waals surface area contributed by atoms with E-state index in [1.54, 1.807) is 6.07 Å². The van der Waals surface area contributed by atoms with Crippen LogP contribution in [0.4, 0.5) is 15.8 Å². The van der Waals surface area contributed by atoms with E-state index in [0.717, 1.165) is 86.8 Å². The number of carbonyl (C=O) groups excluding carboxylic acids is 2. The van der Waals surface area contributed by atoms with Crippen LogP contribution in [-0.4, -0.2) is 68.9 Å². The number of imide groups is 1. The molecular weight excluding hydrogens is 681 g/mol. The topological polar surface area (TPSA) is 104 Å². The molecule has 1 aliphatic carbocycles. The molecule has 0 bridgehead atoms. The number of hydrogen-bond acceptors (Lipinski definition) is 7. The summed E-state index contributed by atoms with van der Waals surface area (Å²) in [5, 5.41) is 6.32. The maximum absolute atomic E-state index is 15.3. The van der Waals surface area contributed by atoms with Gasteiger partial charge < -0.3 is 19.7 Å². The number of benzene rings is 3. The number of aromatic nitrogens is 3. The average Bonchev–Trinajstić information content (AvgIpc) is 3.79. The van der Waals surface area contributed by atoms with Gasteiger partial charge in [0.15, 0.2) is 0 Å². The van der Waals surface area contributed by atoms with Gasteiger partial charge in [0.25, 0.3) is 5.56 Å². The fraction of sp³-hybridized carbons (Fsp3) is 0.450. The lowest BCUT2D eigenvalue weighted by atomic mass is 9.87. The zero-order valence-corrected chi connectivity index (χ0v) is 29.9. The Bertz CT molecular complexity index is 2270. The van der Waals surface area contributed by atoms with E-state index in [2.05, 4.69) is 52.6 Å². The molecule has 3 aliphatic heterocycles. The lowest BCUT2D eigenvalue weighted by Gasteiger charge is -2.42. The summed E-state index contributed by atoms with van der Waals surface area (Å²) in [6, 6.07) is 17.8. The standard InChI is InChI=1S/C40H43ClFN7O3/c41-30-6-3-7-34-37(30)39(52)45-40-48(27-4-1-2-5-27)35-23-28(9-12-33(35)49(34)40)47-20-16-26(17-21-47)46-18-14-24(15-19-46)29-10-8-25(22-31(29)42)43-32-11-13-36(50)44-38(32)51/h3,6-10,12,22-24,26-27,32,43H,1-2,4-5,11,13-21H2,(H,44,50,51). The van der Waals surface area contributed by atoms with Crippen LogP contribution in [0, 0.1) is 5.82 Å². The zero-order chi connectivity index (χ0) is 35.5. The Morgan fingerprint density at radius 3 is 2.35 bits per heavy atom. The monoisotopic (exact) mass is 723 g/mol. The summed E-state index contributed by atoms with van der Waals surface area (Å²) < 4.78 is 19.8. The average molecular weight is 724 g/mol. The number of hydrogen-bond donors (Lipinski definition) is 2. The lowest BCUT2D eigenvalue weighted by molar-refractivity contribution is -0.133. The largest absolute Gasteiger partial charge is 0.374 e. The Morgan fingerprint density at radius 2 is 1.60 bits per heavy atom. The van der Waals surface area contributed by atoms with E-state index in [0.29, 0.717) is 40.4 Å². The highest BCUT2D eigenvalue weighted by Gasteiger charge is 2.32. The molecule has 0 radical (unpaired) electrons. The summed E-state index contributed by atoms with van der Waals surface area (Å²) in [4.78, 5) is 46.6. The Labute approximate surface area is 305 Å². The summed E-state index contributed by atoms with van der Waals surface area (Å²) in [6.07, 6.45) is 9.16. The molecule has 12 heteroatoms. The molecule has 3 saturated heterocycles. The first-order valence-corrected chi connectivity index (χ1v) is 19.2. The van der Waals surface area contributed by atoms with Crippen LogP contribution in [0.1, 0.15) is 81.7 Å². The van der Waals surface area contributed by atoms with E-state index < -0.39 is 6.04 Å².